The molecule has 0 saturated heterocycles. The number of aromatic amines is 1. The Morgan fingerprint density at radius 3 is 3.00 bits per heavy atom. The predicted molar refractivity (Wildman–Crippen MR) is 73.8 cm³/mol. The SMILES string of the molecule is Cc1nc2c(c(=O)[nH]1)CN(Cc1cc(F)ccc1F)CC2. The van der Waals surface area contributed by atoms with Gasteiger partial charge in [0, 0.05) is 31.6 Å². The van der Waals surface area contributed by atoms with E-state index in [-0.39, 0.29) is 12.1 Å². The van der Waals surface area contributed by atoms with Crippen LogP contribution in [0.3, 0.4) is 0 Å². The van der Waals surface area contributed by atoms with Crippen LogP contribution in [-0.4, -0.2) is 21.4 Å². The Labute approximate surface area is 120 Å². The van der Waals surface area contributed by atoms with Crippen molar-refractivity contribution in [1.29, 1.82) is 0 Å². The third kappa shape index (κ3) is 2.85. The first-order chi connectivity index (χ1) is 10.0. The van der Waals surface area contributed by atoms with E-state index in [2.05, 4.69) is 9.97 Å². The lowest BCUT2D eigenvalue weighted by Gasteiger charge is -2.27. The van der Waals surface area contributed by atoms with E-state index in [9.17, 15) is 13.6 Å². The second-order valence-electron chi connectivity index (χ2n) is 5.27. The fourth-order valence-electron chi connectivity index (χ4n) is 2.65. The third-order valence-electron chi connectivity index (χ3n) is 3.67. The molecule has 0 fully saturated rings. The Balaban J connectivity index is 1.83. The zero-order valence-corrected chi connectivity index (χ0v) is 11.6. The predicted octanol–water partition coefficient (Wildman–Crippen LogP) is 1.91. The minimum atomic E-state index is -0.459. The summed E-state index contributed by atoms with van der Waals surface area (Å²) in [5, 5.41) is 0. The van der Waals surface area contributed by atoms with Crippen LogP contribution in [0.4, 0.5) is 8.78 Å². The topological polar surface area (TPSA) is 49.0 Å². The van der Waals surface area contributed by atoms with E-state index in [1.165, 1.54) is 6.07 Å². The molecule has 1 aromatic carbocycles. The number of nitrogens with one attached hydrogen (secondary N) is 1. The lowest BCUT2D eigenvalue weighted by Crippen LogP contribution is -2.35. The Morgan fingerprint density at radius 1 is 1.38 bits per heavy atom. The fraction of sp³-hybridized carbons (Fsp3) is 0.333. The summed E-state index contributed by atoms with van der Waals surface area (Å²) in [6.45, 7) is 3.08. The van der Waals surface area contributed by atoms with Crippen molar-refractivity contribution in [3.63, 3.8) is 0 Å². The second-order valence-corrected chi connectivity index (χ2v) is 5.27. The summed E-state index contributed by atoms with van der Waals surface area (Å²) in [6.07, 6.45) is 0.636. The van der Waals surface area contributed by atoms with Gasteiger partial charge >= 0.3 is 0 Å². The average molecular weight is 291 g/mol. The maximum absolute atomic E-state index is 13.7. The Morgan fingerprint density at radius 2 is 2.19 bits per heavy atom. The number of hydrogen-bond acceptors (Lipinski definition) is 3. The first kappa shape index (κ1) is 13.9. The average Bonchev–Trinajstić information content (AvgIpc) is 2.43. The molecular weight excluding hydrogens is 276 g/mol. The maximum atomic E-state index is 13.7. The van der Waals surface area contributed by atoms with Crippen molar-refractivity contribution in [2.75, 3.05) is 6.54 Å². The molecule has 110 valence electrons. The molecule has 4 nitrogen and oxygen atoms in total. The molecule has 0 atom stereocenters. The van der Waals surface area contributed by atoms with Crippen molar-refractivity contribution in [2.45, 2.75) is 26.4 Å². The molecule has 2 aromatic rings. The van der Waals surface area contributed by atoms with Gasteiger partial charge in [0.05, 0.1) is 11.3 Å². The van der Waals surface area contributed by atoms with E-state index < -0.39 is 11.6 Å². The van der Waals surface area contributed by atoms with Gasteiger partial charge in [0.2, 0.25) is 0 Å². The molecule has 6 heteroatoms. The summed E-state index contributed by atoms with van der Waals surface area (Å²) >= 11 is 0. The number of aryl methyl sites for hydroxylation is 1. The summed E-state index contributed by atoms with van der Waals surface area (Å²) in [5.41, 5.74) is 1.56. The van der Waals surface area contributed by atoms with Gasteiger partial charge in [-0.15, -0.1) is 0 Å². The van der Waals surface area contributed by atoms with Crippen molar-refractivity contribution in [1.82, 2.24) is 14.9 Å². The van der Waals surface area contributed by atoms with Crippen LogP contribution < -0.4 is 5.56 Å². The van der Waals surface area contributed by atoms with E-state index in [1.807, 2.05) is 4.90 Å². The minimum Gasteiger partial charge on any atom is -0.310 e. The van der Waals surface area contributed by atoms with Gasteiger partial charge in [-0.3, -0.25) is 9.69 Å². The number of H-pyrrole nitrogens is 1. The largest absolute Gasteiger partial charge is 0.310 e. The van der Waals surface area contributed by atoms with Gasteiger partial charge in [-0.2, -0.15) is 0 Å². The number of benzene rings is 1. The Hall–Kier alpha value is -2.08. The first-order valence-corrected chi connectivity index (χ1v) is 6.78. The lowest BCUT2D eigenvalue weighted by atomic mass is 10.1. The number of aromatic nitrogens is 2. The summed E-state index contributed by atoms with van der Waals surface area (Å²) in [5.74, 6) is -0.291. The highest BCUT2D eigenvalue weighted by Gasteiger charge is 2.21. The monoisotopic (exact) mass is 291 g/mol. The molecule has 0 saturated carbocycles. The molecule has 1 N–H and O–H groups in total. The molecule has 2 heterocycles. The van der Waals surface area contributed by atoms with Crippen molar-refractivity contribution in [2.24, 2.45) is 0 Å². The molecule has 1 aromatic heterocycles. The second kappa shape index (κ2) is 5.37. The highest BCUT2D eigenvalue weighted by Crippen LogP contribution is 2.18. The van der Waals surface area contributed by atoms with Crippen molar-refractivity contribution < 1.29 is 8.78 Å². The number of nitrogens with zero attached hydrogens (tertiary/aromatic N) is 2. The van der Waals surface area contributed by atoms with Crippen LogP contribution in [0.25, 0.3) is 0 Å². The van der Waals surface area contributed by atoms with Gasteiger partial charge in [0.25, 0.3) is 5.56 Å². The van der Waals surface area contributed by atoms with Gasteiger partial charge in [-0.25, -0.2) is 13.8 Å². The van der Waals surface area contributed by atoms with E-state index >= 15 is 0 Å². The van der Waals surface area contributed by atoms with E-state index in [0.29, 0.717) is 36.5 Å². The van der Waals surface area contributed by atoms with Crippen molar-refractivity contribution in [3.8, 4) is 0 Å². The van der Waals surface area contributed by atoms with Crippen LogP contribution >= 0.6 is 0 Å². The van der Waals surface area contributed by atoms with Gasteiger partial charge in [0.15, 0.2) is 0 Å². The zero-order valence-electron chi connectivity index (χ0n) is 11.6. The summed E-state index contributed by atoms with van der Waals surface area (Å²) in [7, 11) is 0. The maximum Gasteiger partial charge on any atom is 0.255 e. The van der Waals surface area contributed by atoms with Crippen LogP contribution in [0.5, 0.6) is 0 Å². The van der Waals surface area contributed by atoms with Crippen LogP contribution in [0.1, 0.15) is 22.6 Å². The smallest absolute Gasteiger partial charge is 0.255 e. The Kier molecular flexibility index (Phi) is 3.55. The number of halogens is 2. The van der Waals surface area contributed by atoms with Crippen LogP contribution in [0, 0.1) is 18.6 Å². The van der Waals surface area contributed by atoms with Crippen LogP contribution in [0.2, 0.25) is 0 Å². The highest BCUT2D eigenvalue weighted by atomic mass is 19.1. The summed E-state index contributed by atoms with van der Waals surface area (Å²) in [4.78, 5) is 20.9. The lowest BCUT2D eigenvalue weighted by molar-refractivity contribution is 0.238. The standard InChI is InChI=1S/C15H15F2N3O/c1-9-18-14-4-5-20(8-12(14)15(21)19-9)7-10-6-11(16)2-3-13(10)17/h2-3,6H,4-5,7-8H2,1H3,(H,18,19,21). The molecule has 1 aliphatic heterocycles. The van der Waals surface area contributed by atoms with Crippen LogP contribution in [-0.2, 0) is 19.5 Å². The summed E-state index contributed by atoms with van der Waals surface area (Å²) in [6, 6.07) is 3.42. The van der Waals surface area contributed by atoms with Crippen molar-refractivity contribution >= 4 is 0 Å². The minimum absolute atomic E-state index is 0.151. The molecule has 21 heavy (non-hydrogen) atoms. The number of fused-ring (bicyclic) bond motifs is 1. The Bertz CT molecular complexity index is 742. The number of hydrogen-bond donors (Lipinski definition) is 1. The van der Waals surface area contributed by atoms with Gasteiger partial charge in [-0.05, 0) is 25.1 Å². The molecule has 1 aliphatic rings. The quantitative estimate of drug-likeness (QED) is 0.919. The fourth-order valence-corrected chi connectivity index (χ4v) is 2.65. The highest BCUT2D eigenvalue weighted by molar-refractivity contribution is 5.23. The molecule has 0 spiro atoms. The van der Waals surface area contributed by atoms with E-state index in [0.717, 1.165) is 17.8 Å². The third-order valence-corrected chi connectivity index (χ3v) is 3.67. The van der Waals surface area contributed by atoms with Gasteiger partial charge < -0.3 is 4.98 Å². The summed E-state index contributed by atoms with van der Waals surface area (Å²) < 4.78 is 26.9. The molecule has 0 aliphatic carbocycles. The molecule has 0 amide bonds. The molecular formula is C15H15F2N3O. The number of rotatable bonds is 2. The van der Waals surface area contributed by atoms with Crippen LogP contribution in [0.15, 0.2) is 23.0 Å². The zero-order chi connectivity index (χ0) is 15.0. The molecule has 0 unspecified atom stereocenters. The molecule has 3 rings (SSSR count). The molecule has 0 radical (unpaired) electrons. The van der Waals surface area contributed by atoms with Gasteiger partial charge in [-0.1, -0.05) is 0 Å². The van der Waals surface area contributed by atoms with E-state index in [4.69, 9.17) is 0 Å². The van der Waals surface area contributed by atoms with E-state index in [1.54, 1.807) is 6.92 Å². The normalized spacial score (nSPS) is 15.0. The molecule has 0 bridgehead atoms. The van der Waals surface area contributed by atoms with Crippen molar-refractivity contribution in [3.05, 3.63) is 62.8 Å². The van der Waals surface area contributed by atoms with Gasteiger partial charge in [0.1, 0.15) is 17.5 Å². The first-order valence-electron chi connectivity index (χ1n) is 6.78.